The predicted octanol–water partition coefficient (Wildman–Crippen LogP) is 3.09. The van der Waals surface area contributed by atoms with Crippen LogP contribution in [-0.2, 0) is 11.0 Å². The second kappa shape index (κ2) is 6.79. The number of carboxylic acid groups (broad SMARTS) is 1. The van der Waals surface area contributed by atoms with Crippen LogP contribution in [0.5, 0.6) is 5.75 Å². The Labute approximate surface area is 138 Å². The zero-order valence-electron chi connectivity index (χ0n) is 11.7. The maximum absolute atomic E-state index is 12.9. The van der Waals surface area contributed by atoms with Crippen LogP contribution in [0.25, 0.3) is 0 Å². The number of anilines is 3. The van der Waals surface area contributed by atoms with Gasteiger partial charge in [0.05, 0.1) is 5.69 Å². The summed E-state index contributed by atoms with van der Waals surface area (Å²) in [6.45, 7) is -0.664. The molecular weight excluding hydrogens is 353 g/mol. The number of halogens is 4. The highest BCUT2D eigenvalue weighted by Gasteiger charge is 2.34. The van der Waals surface area contributed by atoms with E-state index in [2.05, 4.69) is 20.6 Å². The summed E-state index contributed by atoms with van der Waals surface area (Å²) in [6.07, 6.45) is -4.77. The Morgan fingerprint density at radius 1 is 1.25 bits per heavy atom. The second-order valence-electron chi connectivity index (χ2n) is 4.49. The van der Waals surface area contributed by atoms with Gasteiger partial charge < -0.3 is 20.8 Å². The highest BCUT2D eigenvalue weighted by molar-refractivity contribution is 6.30. The first-order chi connectivity index (χ1) is 11.1. The number of benzene rings is 1. The first kappa shape index (κ1) is 17.6. The molecule has 0 aliphatic heterocycles. The highest BCUT2D eigenvalue weighted by Crippen LogP contribution is 2.33. The predicted molar refractivity (Wildman–Crippen MR) is 79.6 cm³/mol. The van der Waals surface area contributed by atoms with Crippen molar-refractivity contribution in [3.63, 3.8) is 0 Å². The molecule has 0 atom stereocenters. The van der Waals surface area contributed by atoms with Gasteiger partial charge in [-0.25, -0.2) is 4.98 Å². The van der Waals surface area contributed by atoms with E-state index >= 15 is 0 Å². The summed E-state index contributed by atoms with van der Waals surface area (Å²) in [4.78, 5) is 17.5. The molecule has 1 aromatic heterocycles. The Hall–Kier alpha value is -2.75. The summed E-state index contributed by atoms with van der Waals surface area (Å²) in [6, 6.07) is 4.55. The van der Waals surface area contributed by atoms with Gasteiger partial charge >= 0.3 is 12.1 Å². The number of hydrogen-bond donors (Lipinski definition) is 4. The number of carbonyl (C=O) groups is 1. The fourth-order valence-electron chi connectivity index (χ4n) is 1.64. The lowest BCUT2D eigenvalue weighted by molar-refractivity contribution is -0.141. The Morgan fingerprint density at radius 2 is 1.96 bits per heavy atom. The third-order valence-corrected chi connectivity index (χ3v) is 2.87. The average Bonchev–Trinajstić information content (AvgIpc) is 2.48. The number of aliphatic carboxylic acids is 1. The molecule has 2 rings (SSSR count). The van der Waals surface area contributed by atoms with E-state index in [1.54, 1.807) is 0 Å². The molecule has 0 spiro atoms. The molecule has 2 aromatic rings. The monoisotopic (exact) mass is 362 g/mol. The van der Waals surface area contributed by atoms with E-state index in [1.807, 2.05) is 0 Å². The maximum atomic E-state index is 12.9. The molecule has 0 unspecified atom stereocenters. The highest BCUT2D eigenvalue weighted by atomic mass is 35.5. The molecule has 0 fully saturated rings. The average molecular weight is 363 g/mol. The quantitative estimate of drug-likeness (QED) is 0.605. The molecule has 1 heterocycles. The number of aromatic nitrogens is 2. The van der Waals surface area contributed by atoms with Crippen molar-refractivity contribution in [3.8, 4) is 5.75 Å². The zero-order chi connectivity index (χ0) is 17.9. The summed E-state index contributed by atoms with van der Waals surface area (Å²) in [5, 5.41) is 23.1. The number of aromatic hydroxyl groups is 1. The standard InChI is InChI=1S/C13H10ClF3N4O3/c14-6-1-2-8(22)7(3-6)19-10-4-9(13(15,16)17)20-12(21-10)18-5-11(23)24/h1-4,22H,5H2,(H,23,24)(H2,18,19,20,21). The number of nitrogens with one attached hydrogen (secondary N) is 2. The van der Waals surface area contributed by atoms with Crippen LogP contribution in [0.3, 0.4) is 0 Å². The van der Waals surface area contributed by atoms with Crippen molar-refractivity contribution >= 4 is 35.0 Å². The fraction of sp³-hybridized carbons (Fsp3) is 0.154. The number of phenolic OH excluding ortho intramolecular Hbond substituents is 1. The minimum Gasteiger partial charge on any atom is -0.506 e. The van der Waals surface area contributed by atoms with Crippen LogP contribution in [0.2, 0.25) is 5.02 Å². The Kier molecular flexibility index (Phi) is 4.98. The van der Waals surface area contributed by atoms with E-state index in [4.69, 9.17) is 16.7 Å². The first-order valence-corrected chi connectivity index (χ1v) is 6.70. The smallest absolute Gasteiger partial charge is 0.433 e. The molecule has 0 aliphatic rings. The van der Waals surface area contributed by atoms with Gasteiger partial charge in [-0.2, -0.15) is 18.2 Å². The number of hydrogen-bond acceptors (Lipinski definition) is 6. The van der Waals surface area contributed by atoms with Crippen LogP contribution in [0.4, 0.5) is 30.6 Å². The van der Waals surface area contributed by atoms with Gasteiger partial charge in [0.15, 0.2) is 5.69 Å². The van der Waals surface area contributed by atoms with E-state index in [0.717, 1.165) is 0 Å². The Balaban J connectivity index is 2.38. The molecule has 4 N–H and O–H groups in total. The largest absolute Gasteiger partial charge is 0.506 e. The Bertz CT molecular complexity index is 771. The molecule has 24 heavy (non-hydrogen) atoms. The van der Waals surface area contributed by atoms with Crippen LogP contribution in [-0.4, -0.2) is 32.7 Å². The van der Waals surface area contributed by atoms with Crippen molar-refractivity contribution in [3.05, 3.63) is 35.0 Å². The number of rotatable bonds is 5. The lowest BCUT2D eigenvalue weighted by Crippen LogP contribution is -2.17. The van der Waals surface area contributed by atoms with Gasteiger partial charge in [0.2, 0.25) is 5.95 Å². The van der Waals surface area contributed by atoms with E-state index in [-0.39, 0.29) is 22.3 Å². The topological polar surface area (TPSA) is 107 Å². The zero-order valence-corrected chi connectivity index (χ0v) is 12.5. The molecule has 0 radical (unpaired) electrons. The molecule has 11 heteroatoms. The number of nitrogens with zero attached hydrogens (tertiary/aromatic N) is 2. The number of alkyl halides is 3. The Morgan fingerprint density at radius 3 is 2.58 bits per heavy atom. The summed E-state index contributed by atoms with van der Waals surface area (Å²) < 4.78 is 38.7. The van der Waals surface area contributed by atoms with Gasteiger partial charge in [0.1, 0.15) is 18.1 Å². The lowest BCUT2D eigenvalue weighted by Gasteiger charge is -2.13. The molecule has 0 bridgehead atoms. The first-order valence-electron chi connectivity index (χ1n) is 6.32. The molecular formula is C13H10ClF3N4O3. The minimum atomic E-state index is -4.77. The third kappa shape index (κ3) is 4.62. The van der Waals surface area contributed by atoms with Gasteiger partial charge in [0.25, 0.3) is 0 Å². The van der Waals surface area contributed by atoms with E-state index in [0.29, 0.717) is 6.07 Å². The van der Waals surface area contributed by atoms with Gasteiger partial charge in [0, 0.05) is 11.1 Å². The molecule has 0 saturated heterocycles. The lowest BCUT2D eigenvalue weighted by atomic mass is 10.3. The third-order valence-electron chi connectivity index (χ3n) is 2.64. The summed E-state index contributed by atoms with van der Waals surface area (Å²) in [5.74, 6) is -2.39. The molecule has 0 amide bonds. The van der Waals surface area contributed by atoms with E-state index in [1.165, 1.54) is 18.2 Å². The number of phenols is 1. The summed E-state index contributed by atoms with van der Waals surface area (Å²) in [7, 11) is 0. The van der Waals surface area contributed by atoms with Gasteiger partial charge in [-0.1, -0.05) is 11.6 Å². The fourth-order valence-corrected chi connectivity index (χ4v) is 1.81. The van der Waals surface area contributed by atoms with Crippen LogP contribution in [0.15, 0.2) is 24.3 Å². The van der Waals surface area contributed by atoms with Crippen LogP contribution in [0.1, 0.15) is 5.69 Å². The van der Waals surface area contributed by atoms with Crippen LogP contribution in [0, 0.1) is 0 Å². The van der Waals surface area contributed by atoms with Crippen LogP contribution >= 0.6 is 11.6 Å². The molecule has 7 nitrogen and oxygen atoms in total. The van der Waals surface area contributed by atoms with Gasteiger partial charge in [-0.3, -0.25) is 4.79 Å². The summed E-state index contributed by atoms with van der Waals surface area (Å²) in [5.41, 5.74) is -1.26. The number of carboxylic acids is 1. The van der Waals surface area contributed by atoms with Gasteiger partial charge in [-0.15, -0.1) is 0 Å². The minimum absolute atomic E-state index is 0.0264. The summed E-state index contributed by atoms with van der Waals surface area (Å²) >= 11 is 5.76. The second-order valence-corrected chi connectivity index (χ2v) is 4.93. The van der Waals surface area contributed by atoms with Crippen molar-refractivity contribution in [1.82, 2.24) is 9.97 Å². The van der Waals surface area contributed by atoms with Crippen molar-refractivity contribution < 1.29 is 28.2 Å². The molecule has 1 aromatic carbocycles. The van der Waals surface area contributed by atoms with Crippen molar-refractivity contribution in [2.75, 3.05) is 17.2 Å². The SMILES string of the molecule is O=C(O)CNc1nc(Nc2cc(Cl)ccc2O)cc(C(F)(F)F)n1. The molecule has 0 saturated carbocycles. The van der Waals surface area contributed by atoms with E-state index < -0.39 is 30.3 Å². The normalized spacial score (nSPS) is 11.2. The van der Waals surface area contributed by atoms with Gasteiger partial charge in [-0.05, 0) is 18.2 Å². The van der Waals surface area contributed by atoms with E-state index in [9.17, 15) is 23.1 Å². The van der Waals surface area contributed by atoms with Crippen LogP contribution < -0.4 is 10.6 Å². The van der Waals surface area contributed by atoms with Crippen molar-refractivity contribution in [1.29, 1.82) is 0 Å². The maximum Gasteiger partial charge on any atom is 0.433 e. The van der Waals surface area contributed by atoms with Crippen molar-refractivity contribution in [2.24, 2.45) is 0 Å². The molecule has 128 valence electrons. The molecule has 0 aliphatic carbocycles. The van der Waals surface area contributed by atoms with Crippen molar-refractivity contribution in [2.45, 2.75) is 6.18 Å².